The van der Waals surface area contributed by atoms with E-state index in [4.69, 9.17) is 4.98 Å². The molecule has 6 heteroatoms. The van der Waals surface area contributed by atoms with E-state index < -0.39 is 0 Å². The number of imidazole rings is 1. The molecule has 0 aliphatic carbocycles. The molecular formula is C15H19N5S. The third kappa shape index (κ3) is 2.51. The molecule has 3 aromatic rings. The third-order valence-electron chi connectivity index (χ3n) is 3.37. The number of hydrogen-bond donors (Lipinski definition) is 1. The minimum Gasteiger partial charge on any atom is -0.354 e. The average molecular weight is 301 g/mol. The van der Waals surface area contributed by atoms with E-state index in [1.807, 2.05) is 19.3 Å². The lowest BCUT2D eigenvalue weighted by atomic mass is 10.3. The molecule has 0 saturated carbocycles. The van der Waals surface area contributed by atoms with Gasteiger partial charge in [-0.1, -0.05) is 13.8 Å². The van der Waals surface area contributed by atoms with E-state index >= 15 is 0 Å². The van der Waals surface area contributed by atoms with Crippen molar-refractivity contribution in [2.45, 2.75) is 33.6 Å². The molecule has 0 amide bonds. The first kappa shape index (κ1) is 14.0. The molecule has 0 spiro atoms. The SMILES string of the molecule is CCNc1nc(-n2ccnc2CC)c2cc(CC)sc2n1. The maximum absolute atomic E-state index is 4.70. The minimum atomic E-state index is 0.681. The first-order valence-corrected chi connectivity index (χ1v) is 8.15. The maximum Gasteiger partial charge on any atom is 0.226 e. The van der Waals surface area contributed by atoms with Crippen molar-refractivity contribution in [3.63, 3.8) is 0 Å². The van der Waals surface area contributed by atoms with Crippen LogP contribution in [-0.2, 0) is 12.8 Å². The van der Waals surface area contributed by atoms with Crippen molar-refractivity contribution in [2.24, 2.45) is 0 Å². The highest BCUT2D eigenvalue weighted by Gasteiger charge is 2.14. The summed E-state index contributed by atoms with van der Waals surface area (Å²) in [6, 6.07) is 2.20. The van der Waals surface area contributed by atoms with Gasteiger partial charge in [0.1, 0.15) is 10.7 Å². The smallest absolute Gasteiger partial charge is 0.226 e. The molecule has 0 radical (unpaired) electrons. The Bertz CT molecular complexity index is 759. The van der Waals surface area contributed by atoms with E-state index in [1.165, 1.54) is 4.88 Å². The number of anilines is 1. The summed E-state index contributed by atoms with van der Waals surface area (Å²) in [5.74, 6) is 2.61. The van der Waals surface area contributed by atoms with Gasteiger partial charge < -0.3 is 5.32 Å². The first-order chi connectivity index (χ1) is 10.3. The van der Waals surface area contributed by atoms with Crippen LogP contribution in [0.4, 0.5) is 5.95 Å². The van der Waals surface area contributed by atoms with Crippen molar-refractivity contribution in [1.82, 2.24) is 19.5 Å². The number of aromatic nitrogens is 4. The molecule has 5 nitrogen and oxygen atoms in total. The predicted molar refractivity (Wildman–Crippen MR) is 87.5 cm³/mol. The predicted octanol–water partition coefficient (Wildman–Crippen LogP) is 3.43. The van der Waals surface area contributed by atoms with Gasteiger partial charge in [-0.25, -0.2) is 9.97 Å². The van der Waals surface area contributed by atoms with Crippen molar-refractivity contribution in [2.75, 3.05) is 11.9 Å². The number of aryl methyl sites for hydroxylation is 2. The lowest BCUT2D eigenvalue weighted by Gasteiger charge is -2.09. The summed E-state index contributed by atoms with van der Waals surface area (Å²) in [6.45, 7) is 7.13. The largest absolute Gasteiger partial charge is 0.354 e. The van der Waals surface area contributed by atoms with Crippen LogP contribution in [0.3, 0.4) is 0 Å². The molecule has 0 saturated heterocycles. The van der Waals surface area contributed by atoms with E-state index in [9.17, 15) is 0 Å². The van der Waals surface area contributed by atoms with Gasteiger partial charge in [-0.15, -0.1) is 11.3 Å². The number of hydrogen-bond acceptors (Lipinski definition) is 5. The number of thiophene rings is 1. The zero-order valence-electron chi connectivity index (χ0n) is 12.6. The van der Waals surface area contributed by atoms with E-state index in [0.29, 0.717) is 5.95 Å². The highest BCUT2D eigenvalue weighted by molar-refractivity contribution is 7.18. The number of nitrogens with zero attached hydrogens (tertiary/aromatic N) is 4. The molecule has 3 heterocycles. The van der Waals surface area contributed by atoms with Crippen LogP contribution in [0.2, 0.25) is 0 Å². The fraction of sp³-hybridized carbons (Fsp3) is 0.400. The lowest BCUT2D eigenvalue weighted by Crippen LogP contribution is -2.07. The Balaban J connectivity index is 2.25. The van der Waals surface area contributed by atoms with Gasteiger partial charge in [-0.3, -0.25) is 4.57 Å². The molecule has 0 unspecified atom stereocenters. The van der Waals surface area contributed by atoms with E-state index in [-0.39, 0.29) is 0 Å². The van der Waals surface area contributed by atoms with Gasteiger partial charge in [0.15, 0.2) is 5.82 Å². The fourth-order valence-corrected chi connectivity index (χ4v) is 3.30. The summed E-state index contributed by atoms with van der Waals surface area (Å²) in [5.41, 5.74) is 0. The van der Waals surface area contributed by atoms with E-state index in [1.54, 1.807) is 11.3 Å². The van der Waals surface area contributed by atoms with Crippen LogP contribution in [0.5, 0.6) is 0 Å². The normalized spacial score (nSPS) is 11.2. The lowest BCUT2D eigenvalue weighted by molar-refractivity contribution is 0.870. The van der Waals surface area contributed by atoms with Crippen LogP contribution in [0, 0.1) is 0 Å². The molecule has 3 rings (SSSR count). The molecule has 0 bridgehead atoms. The molecule has 0 fully saturated rings. The summed E-state index contributed by atoms with van der Waals surface area (Å²) in [6.07, 6.45) is 5.69. The molecule has 0 atom stereocenters. The van der Waals surface area contributed by atoms with Crippen molar-refractivity contribution in [3.8, 4) is 5.82 Å². The summed E-state index contributed by atoms with van der Waals surface area (Å²) < 4.78 is 2.07. The Morgan fingerprint density at radius 3 is 2.76 bits per heavy atom. The van der Waals surface area contributed by atoms with Crippen LogP contribution in [0.25, 0.3) is 16.0 Å². The van der Waals surface area contributed by atoms with Crippen LogP contribution in [-0.4, -0.2) is 26.1 Å². The number of rotatable bonds is 5. The fourth-order valence-electron chi connectivity index (χ4n) is 2.34. The van der Waals surface area contributed by atoms with Gasteiger partial charge in [0.05, 0.1) is 5.39 Å². The van der Waals surface area contributed by atoms with Crippen LogP contribution < -0.4 is 5.32 Å². The van der Waals surface area contributed by atoms with Crippen LogP contribution in [0.1, 0.15) is 31.5 Å². The molecule has 0 aromatic carbocycles. The summed E-state index contributed by atoms with van der Waals surface area (Å²) >= 11 is 1.74. The Morgan fingerprint density at radius 2 is 2.05 bits per heavy atom. The second-order valence-electron chi connectivity index (χ2n) is 4.75. The number of fused-ring (bicyclic) bond motifs is 1. The highest BCUT2D eigenvalue weighted by atomic mass is 32.1. The standard InChI is InChI=1S/C15H19N5S/c1-4-10-9-11-13(20-8-7-17-12(20)5-2)18-15(16-6-3)19-14(11)21-10/h7-9H,4-6H2,1-3H3,(H,16,18,19). The van der Waals surface area contributed by atoms with Crippen molar-refractivity contribution < 1.29 is 0 Å². The molecule has 1 N–H and O–H groups in total. The Kier molecular flexibility index (Phi) is 3.88. The molecule has 3 aromatic heterocycles. The second kappa shape index (κ2) is 5.81. The second-order valence-corrected chi connectivity index (χ2v) is 5.87. The van der Waals surface area contributed by atoms with E-state index in [0.717, 1.165) is 41.2 Å². The number of nitrogens with one attached hydrogen (secondary N) is 1. The van der Waals surface area contributed by atoms with Gasteiger partial charge in [0.2, 0.25) is 5.95 Å². The molecule has 0 aliphatic rings. The molecule has 21 heavy (non-hydrogen) atoms. The van der Waals surface area contributed by atoms with E-state index in [2.05, 4.69) is 39.8 Å². The van der Waals surface area contributed by atoms with Gasteiger partial charge >= 0.3 is 0 Å². The molecular weight excluding hydrogens is 282 g/mol. The van der Waals surface area contributed by atoms with Crippen LogP contribution >= 0.6 is 11.3 Å². The Morgan fingerprint density at radius 1 is 1.19 bits per heavy atom. The van der Waals surface area contributed by atoms with Gasteiger partial charge in [0.25, 0.3) is 0 Å². The topological polar surface area (TPSA) is 55.6 Å². The Hall–Kier alpha value is -1.95. The summed E-state index contributed by atoms with van der Waals surface area (Å²) in [7, 11) is 0. The van der Waals surface area contributed by atoms with Gasteiger partial charge in [-0.2, -0.15) is 4.98 Å². The quantitative estimate of drug-likeness (QED) is 0.784. The van der Waals surface area contributed by atoms with Crippen molar-refractivity contribution >= 4 is 27.5 Å². The average Bonchev–Trinajstić information content (AvgIpc) is 3.12. The summed E-state index contributed by atoms with van der Waals surface area (Å²) in [4.78, 5) is 16.1. The van der Waals surface area contributed by atoms with Crippen molar-refractivity contribution in [3.05, 3.63) is 29.2 Å². The zero-order chi connectivity index (χ0) is 14.8. The summed E-state index contributed by atoms with van der Waals surface area (Å²) in [5, 5.41) is 4.32. The van der Waals surface area contributed by atoms with Crippen molar-refractivity contribution in [1.29, 1.82) is 0 Å². The molecule has 0 aliphatic heterocycles. The third-order valence-corrected chi connectivity index (χ3v) is 4.54. The highest BCUT2D eigenvalue weighted by Crippen LogP contribution is 2.30. The Labute approximate surface area is 128 Å². The minimum absolute atomic E-state index is 0.681. The monoisotopic (exact) mass is 301 g/mol. The first-order valence-electron chi connectivity index (χ1n) is 7.33. The zero-order valence-corrected chi connectivity index (χ0v) is 13.4. The van der Waals surface area contributed by atoms with Crippen LogP contribution in [0.15, 0.2) is 18.5 Å². The van der Waals surface area contributed by atoms with Gasteiger partial charge in [-0.05, 0) is 19.4 Å². The van der Waals surface area contributed by atoms with Gasteiger partial charge in [0, 0.05) is 30.2 Å². The maximum atomic E-state index is 4.70. The molecule has 110 valence electrons.